The van der Waals surface area contributed by atoms with Crippen LogP contribution in [0.15, 0.2) is 47.8 Å². The molecule has 3 aromatic heterocycles. The van der Waals surface area contributed by atoms with Gasteiger partial charge < -0.3 is 9.80 Å². The van der Waals surface area contributed by atoms with E-state index < -0.39 is 0 Å². The van der Waals surface area contributed by atoms with Crippen LogP contribution in [0.5, 0.6) is 0 Å². The zero-order chi connectivity index (χ0) is 21.2. The zero-order valence-corrected chi connectivity index (χ0v) is 17.8. The summed E-state index contributed by atoms with van der Waals surface area (Å²) < 4.78 is 1.74. The van der Waals surface area contributed by atoms with Gasteiger partial charge in [-0.15, -0.1) is 5.10 Å². The summed E-state index contributed by atoms with van der Waals surface area (Å²) in [5.41, 5.74) is 4.03. The summed E-state index contributed by atoms with van der Waals surface area (Å²) in [7, 11) is 2.15. The number of nitrogens with zero attached hydrogens (tertiary/aromatic N) is 7. The van der Waals surface area contributed by atoms with Crippen molar-refractivity contribution in [2.24, 2.45) is 5.92 Å². The molecule has 8 heteroatoms. The van der Waals surface area contributed by atoms with Gasteiger partial charge in [-0.3, -0.25) is 14.3 Å². The Bertz CT molecular complexity index is 1110. The fourth-order valence-corrected chi connectivity index (χ4v) is 4.48. The number of hydrogen-bond acceptors (Lipinski definition) is 7. The molecule has 160 valence electrons. The molecular formula is C23H27N7O. The van der Waals surface area contributed by atoms with E-state index in [1.807, 2.05) is 12.1 Å². The van der Waals surface area contributed by atoms with E-state index in [-0.39, 0.29) is 5.56 Å². The summed E-state index contributed by atoms with van der Waals surface area (Å²) in [4.78, 5) is 25.8. The standard InChI is InChI=1S/C23H27N7O/c1-28-9-6-20-19(15-28)12-22(27-26-20)29-10-4-17(5-11-29)14-30-16-25-21(13-23(30)31)18-2-7-24-8-3-18/h2-3,7-8,12-13,16-17H,4-6,9-11,14-15H2,1H3. The highest BCUT2D eigenvalue weighted by atomic mass is 16.1. The molecule has 0 unspecified atom stereocenters. The number of likely N-dealkylation sites (N-methyl/N-ethyl adjacent to an activating group) is 1. The molecule has 0 aromatic carbocycles. The quantitative estimate of drug-likeness (QED) is 0.642. The Balaban J connectivity index is 1.22. The summed E-state index contributed by atoms with van der Waals surface area (Å²) in [6.07, 6.45) is 8.12. The third-order valence-electron chi connectivity index (χ3n) is 6.37. The van der Waals surface area contributed by atoms with E-state index in [9.17, 15) is 4.79 Å². The molecule has 2 aliphatic rings. The van der Waals surface area contributed by atoms with Gasteiger partial charge in [-0.2, -0.15) is 5.10 Å². The van der Waals surface area contributed by atoms with Crippen LogP contribution in [0.3, 0.4) is 0 Å². The minimum atomic E-state index is -0.00563. The topological polar surface area (TPSA) is 80.0 Å². The lowest BCUT2D eigenvalue weighted by molar-refractivity contribution is 0.308. The van der Waals surface area contributed by atoms with E-state index in [1.165, 1.54) is 5.56 Å². The Kier molecular flexibility index (Phi) is 5.46. The Morgan fingerprint density at radius 2 is 1.87 bits per heavy atom. The average Bonchev–Trinajstić information content (AvgIpc) is 2.81. The molecule has 31 heavy (non-hydrogen) atoms. The van der Waals surface area contributed by atoms with Gasteiger partial charge in [0.25, 0.3) is 5.56 Å². The largest absolute Gasteiger partial charge is 0.355 e. The van der Waals surface area contributed by atoms with Crippen LogP contribution < -0.4 is 10.5 Å². The van der Waals surface area contributed by atoms with Gasteiger partial charge in [-0.1, -0.05) is 0 Å². The van der Waals surface area contributed by atoms with Crippen LogP contribution in [0.4, 0.5) is 5.82 Å². The van der Waals surface area contributed by atoms with Crippen LogP contribution in [0.2, 0.25) is 0 Å². The summed E-state index contributed by atoms with van der Waals surface area (Å²) >= 11 is 0. The smallest absolute Gasteiger partial charge is 0.253 e. The van der Waals surface area contributed by atoms with Crippen molar-refractivity contribution in [1.29, 1.82) is 0 Å². The minimum absolute atomic E-state index is 0.00563. The average molecular weight is 418 g/mol. The minimum Gasteiger partial charge on any atom is -0.355 e. The fourth-order valence-electron chi connectivity index (χ4n) is 4.48. The van der Waals surface area contributed by atoms with Gasteiger partial charge in [-0.05, 0) is 49.6 Å². The number of fused-ring (bicyclic) bond motifs is 1. The van der Waals surface area contributed by atoms with Crippen LogP contribution in [0, 0.1) is 5.92 Å². The molecular weight excluding hydrogens is 390 g/mol. The molecule has 5 heterocycles. The van der Waals surface area contributed by atoms with Gasteiger partial charge in [0, 0.05) is 63.2 Å². The van der Waals surface area contributed by atoms with Crippen molar-refractivity contribution >= 4 is 5.82 Å². The van der Waals surface area contributed by atoms with Gasteiger partial charge in [0.15, 0.2) is 5.82 Å². The fraction of sp³-hybridized carbons (Fsp3) is 0.435. The summed E-state index contributed by atoms with van der Waals surface area (Å²) in [5.74, 6) is 1.44. The monoisotopic (exact) mass is 417 g/mol. The van der Waals surface area contributed by atoms with E-state index in [4.69, 9.17) is 0 Å². The van der Waals surface area contributed by atoms with Crippen molar-refractivity contribution in [3.63, 3.8) is 0 Å². The van der Waals surface area contributed by atoms with Crippen molar-refractivity contribution in [3.05, 3.63) is 64.6 Å². The van der Waals surface area contributed by atoms with Crippen LogP contribution in [-0.4, -0.2) is 56.3 Å². The molecule has 0 aliphatic carbocycles. The third-order valence-corrected chi connectivity index (χ3v) is 6.37. The lowest BCUT2D eigenvalue weighted by Gasteiger charge is -2.33. The summed E-state index contributed by atoms with van der Waals surface area (Å²) in [6, 6.07) is 7.56. The maximum absolute atomic E-state index is 12.6. The van der Waals surface area contributed by atoms with Crippen LogP contribution in [0.1, 0.15) is 24.1 Å². The Labute approximate surface area is 181 Å². The number of hydrogen-bond donors (Lipinski definition) is 0. The van der Waals surface area contributed by atoms with Crippen molar-refractivity contribution < 1.29 is 0 Å². The van der Waals surface area contributed by atoms with Crippen molar-refractivity contribution in [2.75, 3.05) is 31.6 Å². The SMILES string of the molecule is CN1CCc2nnc(N3CCC(Cn4cnc(-c5ccncc5)cc4=O)CC3)cc2C1. The van der Waals surface area contributed by atoms with Crippen molar-refractivity contribution in [3.8, 4) is 11.3 Å². The van der Waals surface area contributed by atoms with Gasteiger partial charge in [0.2, 0.25) is 0 Å². The highest BCUT2D eigenvalue weighted by Crippen LogP contribution is 2.25. The summed E-state index contributed by atoms with van der Waals surface area (Å²) in [5, 5.41) is 8.97. The normalized spacial score (nSPS) is 17.5. The van der Waals surface area contributed by atoms with Gasteiger partial charge >= 0.3 is 0 Å². The molecule has 0 bridgehead atoms. The molecule has 0 radical (unpaired) electrons. The van der Waals surface area contributed by atoms with Crippen LogP contribution in [0.25, 0.3) is 11.3 Å². The number of aromatic nitrogens is 5. The van der Waals surface area contributed by atoms with Crippen molar-refractivity contribution in [1.82, 2.24) is 29.6 Å². The molecule has 0 amide bonds. The lowest BCUT2D eigenvalue weighted by Crippen LogP contribution is -2.37. The highest BCUT2D eigenvalue weighted by molar-refractivity contribution is 5.57. The van der Waals surface area contributed by atoms with Crippen LogP contribution >= 0.6 is 0 Å². The van der Waals surface area contributed by atoms with Gasteiger partial charge in [-0.25, -0.2) is 4.98 Å². The Morgan fingerprint density at radius 3 is 2.65 bits per heavy atom. The molecule has 1 fully saturated rings. The third kappa shape index (κ3) is 4.34. The molecule has 0 N–H and O–H groups in total. The predicted octanol–water partition coefficient (Wildman–Crippen LogP) is 2.00. The zero-order valence-electron chi connectivity index (χ0n) is 17.8. The maximum Gasteiger partial charge on any atom is 0.253 e. The van der Waals surface area contributed by atoms with E-state index in [1.54, 1.807) is 29.4 Å². The number of anilines is 1. The molecule has 2 aliphatic heterocycles. The Hall–Kier alpha value is -3.13. The lowest BCUT2D eigenvalue weighted by atomic mass is 9.96. The van der Waals surface area contributed by atoms with Gasteiger partial charge in [0.05, 0.1) is 17.7 Å². The Morgan fingerprint density at radius 1 is 1.06 bits per heavy atom. The van der Waals surface area contributed by atoms with E-state index in [2.05, 4.69) is 43.1 Å². The number of pyridine rings is 1. The number of piperidine rings is 1. The first-order chi connectivity index (χ1) is 15.2. The van der Waals surface area contributed by atoms with E-state index >= 15 is 0 Å². The first-order valence-electron chi connectivity index (χ1n) is 10.9. The second-order valence-corrected chi connectivity index (χ2v) is 8.59. The second-order valence-electron chi connectivity index (χ2n) is 8.59. The molecule has 0 spiro atoms. The molecule has 0 atom stereocenters. The summed E-state index contributed by atoms with van der Waals surface area (Å²) in [6.45, 7) is 4.57. The molecule has 5 rings (SSSR count). The van der Waals surface area contributed by atoms with Gasteiger partial charge in [0.1, 0.15) is 0 Å². The second kappa shape index (κ2) is 8.55. The molecule has 8 nitrogen and oxygen atoms in total. The van der Waals surface area contributed by atoms with Crippen LogP contribution in [-0.2, 0) is 19.5 Å². The molecule has 3 aromatic rings. The number of rotatable bonds is 4. The maximum atomic E-state index is 12.6. The first-order valence-corrected chi connectivity index (χ1v) is 10.9. The first kappa shape index (κ1) is 19.8. The van der Waals surface area contributed by atoms with E-state index in [0.717, 1.165) is 62.5 Å². The highest BCUT2D eigenvalue weighted by Gasteiger charge is 2.23. The predicted molar refractivity (Wildman–Crippen MR) is 119 cm³/mol. The van der Waals surface area contributed by atoms with E-state index in [0.29, 0.717) is 18.2 Å². The van der Waals surface area contributed by atoms with Crippen molar-refractivity contribution in [2.45, 2.75) is 32.4 Å². The molecule has 0 saturated carbocycles. The molecule has 1 saturated heterocycles.